The van der Waals surface area contributed by atoms with E-state index in [1.54, 1.807) is 0 Å². The summed E-state index contributed by atoms with van der Waals surface area (Å²) in [4.78, 5) is 16.7. The van der Waals surface area contributed by atoms with Crippen molar-refractivity contribution in [1.29, 1.82) is 0 Å². The Labute approximate surface area is 104 Å². The van der Waals surface area contributed by atoms with Crippen LogP contribution >= 0.6 is 0 Å². The number of nitrogens with one attached hydrogen (secondary N) is 1. The van der Waals surface area contributed by atoms with E-state index in [0.717, 1.165) is 39.0 Å². The van der Waals surface area contributed by atoms with Crippen LogP contribution in [0.5, 0.6) is 0 Å². The average molecular weight is 239 g/mol. The molecule has 0 saturated carbocycles. The van der Waals surface area contributed by atoms with Crippen LogP contribution in [-0.4, -0.2) is 61.0 Å². The Kier molecular flexibility index (Phi) is 4.05. The van der Waals surface area contributed by atoms with Crippen molar-refractivity contribution in [2.75, 3.05) is 33.2 Å². The summed E-state index contributed by atoms with van der Waals surface area (Å²) in [5.74, 6) is 0.915. The fraction of sp³-hybridized carbons (Fsp3) is 0.923. The van der Waals surface area contributed by atoms with Gasteiger partial charge in [-0.3, -0.25) is 9.69 Å². The number of carbonyl (C=O) groups is 1. The summed E-state index contributed by atoms with van der Waals surface area (Å²) >= 11 is 0. The third kappa shape index (κ3) is 2.99. The first-order valence-corrected chi connectivity index (χ1v) is 6.78. The number of carbonyl (C=O) groups excluding carboxylic acids is 1. The summed E-state index contributed by atoms with van der Waals surface area (Å²) < 4.78 is 0. The van der Waals surface area contributed by atoms with Crippen molar-refractivity contribution >= 4 is 5.91 Å². The molecule has 17 heavy (non-hydrogen) atoms. The first kappa shape index (κ1) is 12.8. The standard InChI is InChI=1S/C13H25N3O/c1-10-8-16(9-11(2)15(10)3)13(17)6-12-4-5-14-7-12/h10-12,14H,4-9H2,1-3H3. The van der Waals surface area contributed by atoms with Gasteiger partial charge in [0.05, 0.1) is 0 Å². The van der Waals surface area contributed by atoms with Gasteiger partial charge >= 0.3 is 0 Å². The smallest absolute Gasteiger partial charge is 0.223 e. The van der Waals surface area contributed by atoms with Gasteiger partial charge in [-0.25, -0.2) is 0 Å². The van der Waals surface area contributed by atoms with Gasteiger partial charge in [-0.1, -0.05) is 0 Å². The molecule has 2 aliphatic rings. The van der Waals surface area contributed by atoms with Crippen molar-refractivity contribution in [3.8, 4) is 0 Å². The van der Waals surface area contributed by atoms with E-state index in [1.807, 2.05) is 0 Å². The van der Waals surface area contributed by atoms with Crippen LogP contribution in [0.1, 0.15) is 26.7 Å². The van der Waals surface area contributed by atoms with Gasteiger partial charge in [0.15, 0.2) is 0 Å². The summed E-state index contributed by atoms with van der Waals surface area (Å²) in [5.41, 5.74) is 0. The van der Waals surface area contributed by atoms with Gasteiger partial charge in [0, 0.05) is 31.6 Å². The zero-order valence-corrected chi connectivity index (χ0v) is 11.3. The number of nitrogens with zero attached hydrogens (tertiary/aromatic N) is 2. The second-order valence-electron chi connectivity index (χ2n) is 5.73. The maximum atomic E-state index is 12.2. The van der Waals surface area contributed by atoms with E-state index >= 15 is 0 Å². The number of likely N-dealkylation sites (N-methyl/N-ethyl adjacent to an activating group) is 1. The maximum Gasteiger partial charge on any atom is 0.223 e. The van der Waals surface area contributed by atoms with Crippen LogP contribution in [0.2, 0.25) is 0 Å². The molecule has 0 aromatic heterocycles. The maximum absolute atomic E-state index is 12.2. The highest BCUT2D eigenvalue weighted by Crippen LogP contribution is 2.18. The quantitative estimate of drug-likeness (QED) is 0.764. The molecule has 0 bridgehead atoms. The molecule has 2 fully saturated rings. The fourth-order valence-electron chi connectivity index (χ4n) is 2.87. The average Bonchev–Trinajstić information content (AvgIpc) is 2.77. The minimum absolute atomic E-state index is 0.352. The number of piperazine rings is 1. The molecule has 4 heteroatoms. The Balaban J connectivity index is 1.86. The lowest BCUT2D eigenvalue weighted by Gasteiger charge is -2.42. The molecule has 0 aliphatic carbocycles. The normalized spacial score (nSPS) is 35.2. The van der Waals surface area contributed by atoms with Crippen molar-refractivity contribution in [3.05, 3.63) is 0 Å². The first-order chi connectivity index (χ1) is 8.08. The number of amides is 1. The lowest BCUT2D eigenvalue weighted by molar-refractivity contribution is -0.136. The van der Waals surface area contributed by atoms with Crippen molar-refractivity contribution in [2.24, 2.45) is 5.92 Å². The molecule has 3 atom stereocenters. The minimum atomic E-state index is 0.352. The molecule has 98 valence electrons. The molecule has 2 saturated heterocycles. The van der Waals surface area contributed by atoms with Gasteiger partial charge < -0.3 is 10.2 Å². The number of hydrogen-bond donors (Lipinski definition) is 1. The molecular weight excluding hydrogens is 214 g/mol. The van der Waals surface area contributed by atoms with Crippen LogP contribution in [-0.2, 0) is 4.79 Å². The topological polar surface area (TPSA) is 35.6 Å². The molecule has 1 amide bonds. The van der Waals surface area contributed by atoms with E-state index in [9.17, 15) is 4.79 Å². The Hall–Kier alpha value is -0.610. The molecule has 3 unspecified atom stereocenters. The minimum Gasteiger partial charge on any atom is -0.340 e. The van der Waals surface area contributed by atoms with Gasteiger partial charge in [0.25, 0.3) is 0 Å². The molecule has 2 rings (SSSR count). The van der Waals surface area contributed by atoms with E-state index in [-0.39, 0.29) is 0 Å². The molecule has 0 spiro atoms. The summed E-state index contributed by atoms with van der Waals surface area (Å²) in [6.45, 7) is 8.28. The molecule has 0 aromatic carbocycles. The highest BCUT2D eigenvalue weighted by molar-refractivity contribution is 5.76. The van der Waals surface area contributed by atoms with Crippen LogP contribution in [0.15, 0.2) is 0 Å². The van der Waals surface area contributed by atoms with E-state index < -0.39 is 0 Å². The monoisotopic (exact) mass is 239 g/mol. The van der Waals surface area contributed by atoms with E-state index in [0.29, 0.717) is 23.9 Å². The third-order valence-electron chi connectivity index (χ3n) is 4.34. The second kappa shape index (κ2) is 5.36. The lowest BCUT2D eigenvalue weighted by Crippen LogP contribution is -2.56. The Morgan fingerprint density at radius 1 is 1.29 bits per heavy atom. The van der Waals surface area contributed by atoms with Crippen LogP contribution in [0.3, 0.4) is 0 Å². The second-order valence-corrected chi connectivity index (χ2v) is 5.73. The molecule has 0 radical (unpaired) electrons. The summed E-state index contributed by atoms with van der Waals surface area (Å²) in [6.07, 6.45) is 1.89. The molecule has 2 heterocycles. The number of rotatable bonds is 2. The third-order valence-corrected chi connectivity index (χ3v) is 4.34. The molecule has 0 aromatic rings. The molecule has 2 aliphatic heterocycles. The Bertz CT molecular complexity index is 264. The first-order valence-electron chi connectivity index (χ1n) is 6.78. The highest BCUT2D eigenvalue weighted by atomic mass is 16.2. The molecule has 1 N–H and O–H groups in total. The van der Waals surface area contributed by atoms with E-state index in [4.69, 9.17) is 0 Å². The van der Waals surface area contributed by atoms with Gasteiger partial charge in [0.1, 0.15) is 0 Å². The van der Waals surface area contributed by atoms with Gasteiger partial charge in [-0.05, 0) is 46.3 Å². The summed E-state index contributed by atoms with van der Waals surface area (Å²) in [5, 5.41) is 3.33. The van der Waals surface area contributed by atoms with E-state index in [2.05, 4.69) is 36.0 Å². The van der Waals surface area contributed by atoms with Crippen molar-refractivity contribution in [3.63, 3.8) is 0 Å². The summed E-state index contributed by atoms with van der Waals surface area (Å²) in [7, 11) is 2.15. The largest absolute Gasteiger partial charge is 0.340 e. The molecular formula is C13H25N3O. The molecule has 4 nitrogen and oxygen atoms in total. The predicted octanol–water partition coefficient (Wildman–Crippen LogP) is 0.537. The van der Waals surface area contributed by atoms with Crippen molar-refractivity contribution in [1.82, 2.24) is 15.1 Å². The zero-order valence-electron chi connectivity index (χ0n) is 11.3. The Morgan fingerprint density at radius 3 is 2.47 bits per heavy atom. The van der Waals surface area contributed by atoms with Crippen LogP contribution in [0.4, 0.5) is 0 Å². The van der Waals surface area contributed by atoms with Crippen LogP contribution < -0.4 is 5.32 Å². The fourth-order valence-corrected chi connectivity index (χ4v) is 2.87. The van der Waals surface area contributed by atoms with Gasteiger partial charge in [-0.2, -0.15) is 0 Å². The predicted molar refractivity (Wildman–Crippen MR) is 68.9 cm³/mol. The zero-order chi connectivity index (χ0) is 12.4. The number of hydrogen-bond acceptors (Lipinski definition) is 3. The van der Waals surface area contributed by atoms with Gasteiger partial charge in [-0.15, -0.1) is 0 Å². The van der Waals surface area contributed by atoms with Crippen LogP contribution in [0, 0.1) is 5.92 Å². The van der Waals surface area contributed by atoms with Crippen LogP contribution in [0.25, 0.3) is 0 Å². The summed E-state index contributed by atoms with van der Waals surface area (Å²) in [6, 6.07) is 0.953. The van der Waals surface area contributed by atoms with E-state index in [1.165, 1.54) is 0 Å². The Morgan fingerprint density at radius 2 is 1.94 bits per heavy atom. The SMILES string of the molecule is CC1CN(C(=O)CC2CCNC2)CC(C)N1C. The van der Waals surface area contributed by atoms with Crippen molar-refractivity contribution < 1.29 is 4.79 Å². The van der Waals surface area contributed by atoms with Gasteiger partial charge in [0.2, 0.25) is 5.91 Å². The lowest BCUT2D eigenvalue weighted by atomic mass is 10.0. The van der Waals surface area contributed by atoms with Crippen molar-refractivity contribution in [2.45, 2.75) is 38.8 Å². The highest BCUT2D eigenvalue weighted by Gasteiger charge is 2.30.